The van der Waals surface area contributed by atoms with E-state index in [0.717, 1.165) is 18.3 Å². The highest BCUT2D eigenvalue weighted by Gasteiger charge is 2.36. The van der Waals surface area contributed by atoms with Crippen LogP contribution in [0.2, 0.25) is 0 Å². The molecule has 0 aliphatic carbocycles. The van der Waals surface area contributed by atoms with E-state index in [1.54, 1.807) is 0 Å². The Labute approximate surface area is 228 Å². The second-order valence-electron chi connectivity index (χ2n) is 8.88. The van der Waals surface area contributed by atoms with E-state index in [4.69, 9.17) is 5.11 Å². The molecule has 3 aromatic rings. The van der Waals surface area contributed by atoms with E-state index in [1.807, 2.05) is 0 Å². The van der Waals surface area contributed by atoms with Crippen LogP contribution in [0.5, 0.6) is 5.88 Å². The fourth-order valence-electron chi connectivity index (χ4n) is 4.04. The minimum atomic E-state index is -5.02. The van der Waals surface area contributed by atoms with Gasteiger partial charge in [0.2, 0.25) is 17.7 Å². The Morgan fingerprint density at radius 3 is 2.22 bits per heavy atom. The van der Waals surface area contributed by atoms with Crippen molar-refractivity contribution in [2.45, 2.75) is 31.4 Å². The first kappa shape index (κ1) is 29.5. The Kier molecular flexibility index (Phi) is 8.60. The molecule has 1 aliphatic rings. The van der Waals surface area contributed by atoms with Crippen molar-refractivity contribution in [3.63, 3.8) is 0 Å². The molecule has 0 bridgehead atoms. The molecule has 1 aromatic carbocycles. The maximum absolute atomic E-state index is 13.6. The molecule has 0 spiro atoms. The van der Waals surface area contributed by atoms with Gasteiger partial charge in [-0.3, -0.25) is 9.59 Å². The van der Waals surface area contributed by atoms with E-state index in [-0.39, 0.29) is 29.4 Å². The van der Waals surface area contributed by atoms with Gasteiger partial charge < -0.3 is 25.4 Å². The van der Waals surface area contributed by atoms with Crippen LogP contribution in [-0.2, 0) is 11.0 Å². The molecule has 2 aromatic heterocycles. The minimum absolute atomic E-state index is 0.161. The summed E-state index contributed by atoms with van der Waals surface area (Å²) < 4.78 is 81.6. The summed E-state index contributed by atoms with van der Waals surface area (Å²) in [5.74, 6) is -1.83. The minimum Gasteiger partial charge on any atom is -0.388 e. The smallest absolute Gasteiger partial charge is 0.388 e. The highest BCUT2D eigenvalue weighted by atomic mass is 19.4. The van der Waals surface area contributed by atoms with Crippen molar-refractivity contribution < 1.29 is 45.8 Å². The van der Waals surface area contributed by atoms with Crippen LogP contribution >= 0.6 is 0 Å². The third-order valence-corrected chi connectivity index (χ3v) is 6.05. The largest absolute Gasteiger partial charge is 0.574 e. The molecular formula is C25H22F6N6O4. The molecule has 0 saturated carbocycles. The molecule has 0 atom stereocenters. The van der Waals surface area contributed by atoms with Crippen LogP contribution < -0.4 is 15.4 Å². The fourth-order valence-corrected chi connectivity index (χ4v) is 4.04. The first-order valence-electron chi connectivity index (χ1n) is 12.1. The highest BCUT2D eigenvalue weighted by molar-refractivity contribution is 5.94. The Bertz CT molecular complexity index is 1380. The molecule has 0 unspecified atom stereocenters. The van der Waals surface area contributed by atoms with Crippen LogP contribution in [0.15, 0.2) is 48.8 Å². The second kappa shape index (κ2) is 12.0. The maximum Gasteiger partial charge on any atom is 0.574 e. The lowest BCUT2D eigenvalue weighted by Gasteiger charge is -2.32. The fraction of sp³-hybridized carbons (Fsp3) is 0.320. The number of aromatic nitrogens is 3. The van der Waals surface area contributed by atoms with E-state index < -0.39 is 36.3 Å². The normalized spacial score (nSPS) is 14.5. The van der Waals surface area contributed by atoms with Gasteiger partial charge in [-0.05, 0) is 43.2 Å². The number of hydrogen-bond donors (Lipinski definition) is 3. The topological polar surface area (TPSA) is 130 Å². The molecule has 1 fully saturated rings. The van der Waals surface area contributed by atoms with Crippen LogP contribution in [0.1, 0.15) is 28.8 Å². The van der Waals surface area contributed by atoms with Crippen LogP contribution in [0.25, 0.3) is 11.3 Å². The summed E-state index contributed by atoms with van der Waals surface area (Å²) in [4.78, 5) is 36.7. The number of nitrogens with one attached hydrogen (secondary N) is 2. The zero-order valence-corrected chi connectivity index (χ0v) is 21.0. The highest BCUT2D eigenvalue weighted by Crippen LogP contribution is 2.36. The number of halogens is 6. The summed E-state index contributed by atoms with van der Waals surface area (Å²) in [6.07, 6.45) is -7.53. The van der Waals surface area contributed by atoms with Crippen molar-refractivity contribution in [1.29, 1.82) is 0 Å². The van der Waals surface area contributed by atoms with Crippen molar-refractivity contribution in [1.82, 2.24) is 25.2 Å². The lowest BCUT2D eigenvalue weighted by molar-refractivity contribution is -0.276. The summed E-state index contributed by atoms with van der Waals surface area (Å²) in [5, 5.41) is 14.6. The monoisotopic (exact) mass is 584 g/mol. The number of carbonyl (C=O) groups excluding carboxylic acids is 2. The average molecular weight is 584 g/mol. The molecule has 3 heterocycles. The zero-order valence-electron chi connectivity index (χ0n) is 21.0. The number of benzene rings is 1. The lowest BCUT2D eigenvalue weighted by Crippen LogP contribution is -2.47. The standard InChI is InChI=1S/C25H22F6N6O4/c26-24(27,28)18-12-33-23(36-21(18)15-3-6-19(32-11-15)41-25(29,30)31)35-16-4-1-14(2-5-16)22(40)34-17-7-9-37(10-8-17)20(39)13-38/h1-6,11-12,17,38H,7-10,13H2,(H,34,40)(H,33,35,36). The van der Waals surface area contributed by atoms with Gasteiger partial charge >= 0.3 is 12.5 Å². The van der Waals surface area contributed by atoms with Crippen molar-refractivity contribution in [2.24, 2.45) is 0 Å². The molecule has 3 N–H and O–H groups in total. The lowest BCUT2D eigenvalue weighted by atomic mass is 10.0. The third kappa shape index (κ3) is 7.81. The summed E-state index contributed by atoms with van der Waals surface area (Å²) in [6, 6.07) is 7.50. The molecule has 16 heteroatoms. The number of amides is 2. The molecule has 2 amide bonds. The molecule has 41 heavy (non-hydrogen) atoms. The number of aliphatic hydroxyl groups is 1. The summed E-state index contributed by atoms with van der Waals surface area (Å²) in [7, 11) is 0. The van der Waals surface area contributed by atoms with Crippen molar-refractivity contribution >= 4 is 23.5 Å². The van der Waals surface area contributed by atoms with Gasteiger partial charge in [-0.25, -0.2) is 15.0 Å². The molecule has 218 valence electrons. The number of anilines is 2. The van der Waals surface area contributed by atoms with Gasteiger partial charge in [-0.2, -0.15) is 13.2 Å². The number of likely N-dealkylation sites (tertiary alicyclic amines) is 1. The van der Waals surface area contributed by atoms with Gasteiger partial charge in [0.25, 0.3) is 5.91 Å². The molecule has 0 radical (unpaired) electrons. The number of aliphatic hydroxyl groups excluding tert-OH is 1. The first-order valence-corrected chi connectivity index (χ1v) is 12.1. The van der Waals surface area contributed by atoms with E-state index in [0.29, 0.717) is 43.4 Å². The van der Waals surface area contributed by atoms with Crippen LogP contribution in [0.3, 0.4) is 0 Å². The van der Waals surface area contributed by atoms with Gasteiger partial charge in [-0.1, -0.05) is 0 Å². The molecule has 1 saturated heterocycles. The second-order valence-corrected chi connectivity index (χ2v) is 8.88. The van der Waals surface area contributed by atoms with Crippen LogP contribution in [0.4, 0.5) is 38.0 Å². The number of nitrogens with zero attached hydrogens (tertiary/aromatic N) is 4. The predicted molar refractivity (Wildman–Crippen MR) is 131 cm³/mol. The summed E-state index contributed by atoms with van der Waals surface area (Å²) >= 11 is 0. The van der Waals surface area contributed by atoms with E-state index in [9.17, 15) is 35.9 Å². The van der Waals surface area contributed by atoms with Crippen LogP contribution in [0, 0.1) is 0 Å². The van der Waals surface area contributed by atoms with Crippen LogP contribution in [-0.4, -0.2) is 68.9 Å². The van der Waals surface area contributed by atoms with E-state index in [1.165, 1.54) is 29.2 Å². The van der Waals surface area contributed by atoms with E-state index in [2.05, 4.69) is 30.3 Å². The average Bonchev–Trinajstić information content (AvgIpc) is 2.92. The Morgan fingerprint density at radius 2 is 1.66 bits per heavy atom. The quantitative estimate of drug-likeness (QED) is 0.357. The van der Waals surface area contributed by atoms with Gasteiger partial charge in [0, 0.05) is 54.4 Å². The van der Waals surface area contributed by atoms with Gasteiger partial charge in [-0.15, -0.1) is 13.2 Å². The summed E-state index contributed by atoms with van der Waals surface area (Å²) in [6.45, 7) is 0.245. The molecular weight excluding hydrogens is 562 g/mol. The van der Waals surface area contributed by atoms with E-state index >= 15 is 0 Å². The molecule has 10 nitrogen and oxygen atoms in total. The van der Waals surface area contributed by atoms with Gasteiger partial charge in [0.15, 0.2) is 0 Å². The number of alkyl halides is 6. The number of hydrogen-bond acceptors (Lipinski definition) is 8. The number of ether oxygens (including phenoxy) is 1. The van der Waals surface area contributed by atoms with Crippen molar-refractivity contribution in [2.75, 3.05) is 25.0 Å². The number of rotatable bonds is 7. The van der Waals surface area contributed by atoms with Gasteiger partial charge in [0.05, 0.1) is 5.69 Å². The summed E-state index contributed by atoms with van der Waals surface area (Å²) in [5.41, 5.74) is -1.42. The van der Waals surface area contributed by atoms with Crippen molar-refractivity contribution in [3.05, 3.63) is 59.9 Å². The maximum atomic E-state index is 13.6. The predicted octanol–water partition coefficient (Wildman–Crippen LogP) is 3.91. The van der Waals surface area contributed by atoms with Gasteiger partial charge in [0.1, 0.15) is 12.2 Å². The Balaban J connectivity index is 1.45. The molecule has 4 rings (SSSR count). The number of pyridine rings is 1. The SMILES string of the molecule is O=C(NC1CCN(C(=O)CO)CC1)c1ccc(Nc2ncc(C(F)(F)F)c(-c3ccc(OC(F)(F)F)nc3)n2)cc1. The molecule has 1 aliphatic heterocycles. The third-order valence-electron chi connectivity index (χ3n) is 6.05. The zero-order chi connectivity index (χ0) is 29.8. The Morgan fingerprint density at radius 1 is 0.976 bits per heavy atom. The van der Waals surface area contributed by atoms with Crippen molar-refractivity contribution in [3.8, 4) is 17.1 Å². The number of piperidine rings is 1. The first-order chi connectivity index (χ1) is 19.3. The number of carbonyl (C=O) groups is 2. The Hall–Kier alpha value is -4.47.